The molecule has 6 nitrogen and oxygen atoms in total. The molecule has 3 N–H and O–H groups in total. The zero-order valence-corrected chi connectivity index (χ0v) is 18.2. The minimum absolute atomic E-state index is 0. The van der Waals surface area contributed by atoms with Crippen molar-refractivity contribution >= 4 is 41.6 Å². The number of rotatable bonds is 5. The molecule has 1 fully saturated rings. The maximum absolute atomic E-state index is 11.9. The van der Waals surface area contributed by atoms with E-state index >= 15 is 0 Å². The molecule has 0 saturated heterocycles. The summed E-state index contributed by atoms with van der Waals surface area (Å²) in [5.41, 5.74) is 12.0. The van der Waals surface area contributed by atoms with Gasteiger partial charge in [-0.25, -0.2) is 9.79 Å². The molecule has 7 heteroatoms. The summed E-state index contributed by atoms with van der Waals surface area (Å²) in [6, 6.07) is 9.94. The van der Waals surface area contributed by atoms with Gasteiger partial charge in [-0.2, -0.15) is 0 Å². The van der Waals surface area contributed by atoms with Gasteiger partial charge in [-0.3, -0.25) is 4.98 Å². The molecule has 0 unspecified atom stereocenters. The summed E-state index contributed by atoms with van der Waals surface area (Å²) in [5, 5.41) is 3.16. The summed E-state index contributed by atoms with van der Waals surface area (Å²) in [5.74, 6) is 0.377. The summed E-state index contributed by atoms with van der Waals surface area (Å²) in [6.45, 7) is 0.366. The van der Waals surface area contributed by atoms with Gasteiger partial charge in [0.15, 0.2) is 5.96 Å². The number of carbonyl (C=O) groups is 1. The van der Waals surface area contributed by atoms with Gasteiger partial charge in [-0.05, 0) is 67.5 Å². The van der Waals surface area contributed by atoms with Crippen molar-refractivity contribution in [3.63, 3.8) is 0 Å². The van der Waals surface area contributed by atoms with E-state index in [1.54, 1.807) is 6.07 Å². The first-order chi connectivity index (χ1) is 13.1. The third-order valence-corrected chi connectivity index (χ3v) is 5.13. The summed E-state index contributed by atoms with van der Waals surface area (Å²) in [6.07, 6.45) is 5.63. The molecule has 148 valence electrons. The SMILES string of the molecule is COC(=O)c1ccc(CN=C(N)Nc2ccc3c(c2)CCC3)nc1C1CC1.I. The number of hydrogen-bond donors (Lipinski definition) is 2. The van der Waals surface area contributed by atoms with Gasteiger partial charge < -0.3 is 15.8 Å². The number of hydrogen-bond acceptors (Lipinski definition) is 4. The topological polar surface area (TPSA) is 89.6 Å². The maximum Gasteiger partial charge on any atom is 0.339 e. The van der Waals surface area contributed by atoms with Gasteiger partial charge in [0, 0.05) is 11.6 Å². The summed E-state index contributed by atoms with van der Waals surface area (Å²) < 4.78 is 4.85. The average Bonchev–Trinajstić information content (AvgIpc) is 3.43. The number of methoxy groups -OCH3 is 1. The van der Waals surface area contributed by atoms with E-state index in [0.717, 1.165) is 42.8 Å². The highest BCUT2D eigenvalue weighted by Crippen LogP contribution is 2.40. The van der Waals surface area contributed by atoms with Gasteiger partial charge in [-0.1, -0.05) is 6.07 Å². The highest BCUT2D eigenvalue weighted by Gasteiger charge is 2.30. The molecule has 0 spiro atoms. The Morgan fingerprint density at radius 2 is 2.04 bits per heavy atom. The number of pyridine rings is 1. The fourth-order valence-corrected chi connectivity index (χ4v) is 3.56. The first-order valence-corrected chi connectivity index (χ1v) is 9.41. The molecule has 0 bridgehead atoms. The van der Waals surface area contributed by atoms with Crippen molar-refractivity contribution in [2.45, 2.75) is 44.6 Å². The molecule has 2 aromatic rings. The van der Waals surface area contributed by atoms with Crippen LogP contribution >= 0.6 is 24.0 Å². The molecule has 1 heterocycles. The summed E-state index contributed by atoms with van der Waals surface area (Å²) in [7, 11) is 1.39. The van der Waals surface area contributed by atoms with Crippen molar-refractivity contribution in [2.75, 3.05) is 12.4 Å². The van der Waals surface area contributed by atoms with Gasteiger partial charge in [-0.15, -0.1) is 24.0 Å². The number of aliphatic imine (C=N–C) groups is 1. The van der Waals surface area contributed by atoms with Gasteiger partial charge in [0.1, 0.15) is 0 Å². The van der Waals surface area contributed by atoms with Gasteiger partial charge in [0.05, 0.1) is 30.6 Å². The number of aryl methyl sites for hydroxylation is 2. The van der Waals surface area contributed by atoms with E-state index in [9.17, 15) is 4.79 Å². The van der Waals surface area contributed by atoms with E-state index in [-0.39, 0.29) is 29.9 Å². The van der Waals surface area contributed by atoms with Crippen LogP contribution in [0.15, 0.2) is 35.3 Å². The highest BCUT2D eigenvalue weighted by atomic mass is 127. The quantitative estimate of drug-likeness (QED) is 0.287. The molecular formula is C21H25IN4O2. The number of nitrogens with one attached hydrogen (secondary N) is 1. The maximum atomic E-state index is 11.9. The first kappa shape index (κ1) is 20.6. The number of esters is 1. The van der Waals surface area contributed by atoms with Crippen molar-refractivity contribution in [2.24, 2.45) is 10.7 Å². The number of nitrogens with two attached hydrogens (primary N) is 1. The number of guanidine groups is 1. The van der Waals surface area contributed by atoms with Gasteiger partial charge in [0.25, 0.3) is 0 Å². The second-order valence-corrected chi connectivity index (χ2v) is 7.16. The van der Waals surface area contributed by atoms with Crippen LogP contribution < -0.4 is 11.1 Å². The largest absolute Gasteiger partial charge is 0.465 e. The van der Waals surface area contributed by atoms with Crippen LogP contribution in [0.25, 0.3) is 0 Å². The third kappa shape index (κ3) is 4.63. The number of anilines is 1. The number of carbonyl (C=O) groups excluding carboxylic acids is 1. The Balaban J connectivity index is 0.00000225. The first-order valence-electron chi connectivity index (χ1n) is 9.41. The Morgan fingerprint density at radius 3 is 2.79 bits per heavy atom. The number of fused-ring (bicyclic) bond motifs is 1. The van der Waals surface area contributed by atoms with Crippen molar-refractivity contribution in [1.29, 1.82) is 0 Å². The Labute approximate surface area is 182 Å². The molecule has 28 heavy (non-hydrogen) atoms. The number of aromatic nitrogens is 1. The second kappa shape index (κ2) is 8.89. The fourth-order valence-electron chi connectivity index (χ4n) is 3.56. The van der Waals surface area contributed by atoms with E-state index in [1.807, 2.05) is 12.1 Å². The minimum Gasteiger partial charge on any atom is -0.465 e. The molecule has 4 rings (SSSR count). The highest BCUT2D eigenvalue weighted by molar-refractivity contribution is 14.0. The predicted octanol–water partition coefficient (Wildman–Crippen LogP) is 3.78. The standard InChI is InChI=1S/C21H24N4O2.HI/c1-27-20(26)18-10-9-17(24-19(18)14-5-6-14)12-23-21(22)25-16-8-7-13-3-2-4-15(13)11-16;/h7-11,14H,2-6,12H2,1H3,(H3,22,23,25);1H. The molecule has 1 aromatic carbocycles. The summed E-state index contributed by atoms with van der Waals surface area (Å²) >= 11 is 0. The van der Waals surface area contributed by atoms with Crippen molar-refractivity contribution in [1.82, 2.24) is 4.98 Å². The second-order valence-electron chi connectivity index (χ2n) is 7.16. The summed E-state index contributed by atoms with van der Waals surface area (Å²) in [4.78, 5) is 21.0. The van der Waals surface area contributed by atoms with Crippen molar-refractivity contribution in [3.8, 4) is 0 Å². The van der Waals surface area contributed by atoms with Crippen molar-refractivity contribution in [3.05, 3.63) is 58.4 Å². The molecule has 0 aliphatic heterocycles. The average molecular weight is 492 g/mol. The van der Waals surface area contributed by atoms with Crippen molar-refractivity contribution < 1.29 is 9.53 Å². The Morgan fingerprint density at radius 1 is 1.25 bits per heavy atom. The Kier molecular flexibility index (Phi) is 6.53. The van der Waals surface area contributed by atoms with E-state index in [2.05, 4.69) is 27.4 Å². The Hall–Kier alpha value is -2.16. The van der Waals surface area contributed by atoms with Crippen LogP contribution in [0.2, 0.25) is 0 Å². The number of benzene rings is 1. The van der Waals surface area contributed by atoms with Crippen LogP contribution in [-0.2, 0) is 24.1 Å². The van der Waals surface area contributed by atoms with Crippen LogP contribution in [-0.4, -0.2) is 24.0 Å². The predicted molar refractivity (Wildman–Crippen MR) is 120 cm³/mol. The third-order valence-electron chi connectivity index (χ3n) is 5.13. The molecule has 1 saturated carbocycles. The lowest BCUT2D eigenvalue weighted by Gasteiger charge is -2.09. The molecule has 0 amide bonds. The van der Waals surface area contributed by atoms with Crippen LogP contribution in [0, 0.1) is 0 Å². The number of halogens is 1. The molecule has 0 atom stereocenters. The zero-order valence-electron chi connectivity index (χ0n) is 15.9. The molecule has 2 aliphatic carbocycles. The van der Waals surface area contributed by atoms with Crippen LogP contribution in [0.5, 0.6) is 0 Å². The molecular weight excluding hydrogens is 467 g/mol. The van der Waals surface area contributed by atoms with E-state index in [4.69, 9.17) is 10.5 Å². The zero-order chi connectivity index (χ0) is 18.8. The van der Waals surface area contributed by atoms with Crippen LogP contribution in [0.4, 0.5) is 5.69 Å². The van der Waals surface area contributed by atoms with Crippen LogP contribution in [0.3, 0.4) is 0 Å². The van der Waals surface area contributed by atoms with Gasteiger partial charge >= 0.3 is 5.97 Å². The Bertz CT molecular complexity index is 909. The molecule has 1 aromatic heterocycles. The lowest BCUT2D eigenvalue weighted by Crippen LogP contribution is -2.22. The van der Waals surface area contributed by atoms with Gasteiger partial charge in [0.2, 0.25) is 0 Å². The minimum atomic E-state index is -0.336. The normalized spacial score (nSPS) is 15.5. The van der Waals surface area contributed by atoms with E-state index < -0.39 is 0 Å². The van der Waals surface area contributed by atoms with E-state index in [0.29, 0.717) is 24.0 Å². The van der Waals surface area contributed by atoms with Crippen LogP contribution in [0.1, 0.15) is 58.1 Å². The lowest BCUT2D eigenvalue weighted by atomic mass is 10.1. The molecule has 0 radical (unpaired) electrons. The monoisotopic (exact) mass is 492 g/mol. The van der Waals surface area contributed by atoms with E-state index in [1.165, 1.54) is 24.7 Å². The molecule has 2 aliphatic rings. The number of ether oxygens (including phenoxy) is 1. The number of nitrogens with zero attached hydrogens (tertiary/aromatic N) is 2. The smallest absolute Gasteiger partial charge is 0.339 e. The fraction of sp³-hybridized carbons (Fsp3) is 0.381. The lowest BCUT2D eigenvalue weighted by molar-refractivity contribution is 0.0598.